The van der Waals surface area contributed by atoms with Crippen molar-refractivity contribution in [3.05, 3.63) is 69.8 Å². The van der Waals surface area contributed by atoms with Gasteiger partial charge < -0.3 is 20.5 Å². The largest absolute Gasteiger partial charge is 0.488 e. The van der Waals surface area contributed by atoms with Gasteiger partial charge in [-0.15, -0.1) is 0 Å². The average Bonchev–Trinajstić information content (AvgIpc) is 2.72. The van der Waals surface area contributed by atoms with Gasteiger partial charge in [0.1, 0.15) is 12.4 Å². The molecule has 3 N–H and O–H groups in total. The lowest BCUT2D eigenvalue weighted by Crippen LogP contribution is -2.49. The summed E-state index contributed by atoms with van der Waals surface area (Å²) in [7, 11) is 0. The SMILES string of the molecule is CCNC(=O)[C@H](O)[C@H](C)NC(=O)c1ccc([N+](=O)[O-])cc1OCc1ccccc1. The second kappa shape index (κ2) is 10.2. The Hall–Kier alpha value is -3.46. The van der Waals surface area contributed by atoms with Crippen molar-refractivity contribution in [2.45, 2.75) is 32.6 Å². The van der Waals surface area contributed by atoms with Gasteiger partial charge >= 0.3 is 0 Å². The maximum atomic E-state index is 12.6. The number of hydrogen-bond acceptors (Lipinski definition) is 6. The second-order valence-corrected chi connectivity index (χ2v) is 6.31. The van der Waals surface area contributed by atoms with Crippen LogP contribution >= 0.6 is 0 Å². The summed E-state index contributed by atoms with van der Waals surface area (Å²) < 4.78 is 5.66. The van der Waals surface area contributed by atoms with Crippen LogP contribution in [0.3, 0.4) is 0 Å². The van der Waals surface area contributed by atoms with Gasteiger partial charge in [-0.2, -0.15) is 0 Å². The van der Waals surface area contributed by atoms with E-state index in [1.165, 1.54) is 25.1 Å². The summed E-state index contributed by atoms with van der Waals surface area (Å²) in [4.78, 5) is 34.9. The van der Waals surface area contributed by atoms with Gasteiger partial charge in [-0.1, -0.05) is 30.3 Å². The lowest BCUT2D eigenvalue weighted by atomic mass is 10.1. The van der Waals surface area contributed by atoms with E-state index in [4.69, 9.17) is 4.74 Å². The molecule has 2 amide bonds. The number of nitrogens with one attached hydrogen (secondary N) is 2. The van der Waals surface area contributed by atoms with E-state index >= 15 is 0 Å². The molecule has 0 heterocycles. The molecule has 154 valence electrons. The average molecular weight is 401 g/mol. The molecule has 29 heavy (non-hydrogen) atoms. The third-order valence-corrected chi connectivity index (χ3v) is 4.11. The number of hydrogen-bond donors (Lipinski definition) is 3. The Labute approximate surface area is 167 Å². The highest BCUT2D eigenvalue weighted by Gasteiger charge is 2.25. The van der Waals surface area contributed by atoms with E-state index in [0.717, 1.165) is 5.56 Å². The predicted molar refractivity (Wildman–Crippen MR) is 105 cm³/mol. The van der Waals surface area contributed by atoms with E-state index < -0.39 is 28.9 Å². The molecule has 0 saturated heterocycles. The smallest absolute Gasteiger partial charge is 0.273 e. The number of nitro benzene ring substituents is 1. The third kappa shape index (κ3) is 6.01. The third-order valence-electron chi connectivity index (χ3n) is 4.11. The molecule has 9 nitrogen and oxygen atoms in total. The van der Waals surface area contributed by atoms with Crippen LogP contribution in [0.25, 0.3) is 0 Å². The number of benzene rings is 2. The van der Waals surface area contributed by atoms with E-state index in [1.54, 1.807) is 6.92 Å². The molecule has 0 aliphatic rings. The predicted octanol–water partition coefficient (Wildman–Crippen LogP) is 1.79. The summed E-state index contributed by atoms with van der Waals surface area (Å²) in [5.74, 6) is -1.20. The van der Waals surface area contributed by atoms with Crippen LogP contribution < -0.4 is 15.4 Å². The van der Waals surface area contributed by atoms with Crippen molar-refractivity contribution in [2.75, 3.05) is 6.54 Å². The molecule has 0 aromatic heterocycles. The molecule has 0 saturated carbocycles. The summed E-state index contributed by atoms with van der Waals surface area (Å²) in [5.41, 5.74) is 0.659. The summed E-state index contributed by atoms with van der Waals surface area (Å²) in [6.45, 7) is 3.64. The Morgan fingerprint density at radius 3 is 2.52 bits per heavy atom. The number of carbonyl (C=O) groups is 2. The molecule has 0 aliphatic heterocycles. The van der Waals surface area contributed by atoms with Crippen molar-refractivity contribution in [3.63, 3.8) is 0 Å². The number of likely N-dealkylation sites (N-methyl/N-ethyl adjacent to an activating group) is 1. The van der Waals surface area contributed by atoms with Crippen molar-refractivity contribution >= 4 is 17.5 Å². The van der Waals surface area contributed by atoms with Gasteiger partial charge in [0.05, 0.1) is 22.6 Å². The molecule has 2 atom stereocenters. The molecule has 2 aromatic carbocycles. The highest BCUT2D eigenvalue weighted by atomic mass is 16.6. The fourth-order valence-corrected chi connectivity index (χ4v) is 2.54. The number of ether oxygens (including phenoxy) is 1. The molecule has 0 bridgehead atoms. The quantitative estimate of drug-likeness (QED) is 0.434. The molecule has 9 heteroatoms. The van der Waals surface area contributed by atoms with Crippen LogP contribution in [0.2, 0.25) is 0 Å². The van der Waals surface area contributed by atoms with Crippen LogP contribution in [-0.4, -0.2) is 40.5 Å². The summed E-state index contributed by atoms with van der Waals surface area (Å²) in [5, 5.41) is 26.1. The zero-order valence-electron chi connectivity index (χ0n) is 16.1. The van der Waals surface area contributed by atoms with Gasteiger partial charge in [-0.25, -0.2) is 0 Å². The summed E-state index contributed by atoms with van der Waals surface area (Å²) in [6, 6.07) is 11.9. The van der Waals surface area contributed by atoms with E-state index in [1.807, 2.05) is 30.3 Å². The number of nitro groups is 1. The number of amides is 2. The minimum Gasteiger partial charge on any atom is -0.488 e. The Bertz CT molecular complexity index is 872. The van der Waals surface area contributed by atoms with E-state index in [0.29, 0.717) is 6.54 Å². The number of non-ortho nitro benzene ring substituents is 1. The van der Waals surface area contributed by atoms with Crippen LogP contribution in [0.15, 0.2) is 48.5 Å². The first-order chi connectivity index (χ1) is 13.8. The van der Waals surface area contributed by atoms with Crippen LogP contribution in [-0.2, 0) is 11.4 Å². The lowest BCUT2D eigenvalue weighted by molar-refractivity contribution is -0.384. The van der Waals surface area contributed by atoms with Crippen molar-refractivity contribution < 1.29 is 24.4 Å². The zero-order chi connectivity index (χ0) is 21.4. The highest BCUT2D eigenvalue weighted by molar-refractivity contribution is 5.98. The van der Waals surface area contributed by atoms with E-state index in [2.05, 4.69) is 10.6 Å². The molecular weight excluding hydrogens is 378 g/mol. The summed E-state index contributed by atoms with van der Waals surface area (Å²) in [6.07, 6.45) is -1.44. The fraction of sp³-hybridized carbons (Fsp3) is 0.300. The number of rotatable bonds is 9. The zero-order valence-corrected chi connectivity index (χ0v) is 16.1. The lowest BCUT2D eigenvalue weighted by Gasteiger charge is -2.20. The van der Waals surface area contributed by atoms with Crippen LogP contribution in [0.1, 0.15) is 29.8 Å². The van der Waals surface area contributed by atoms with Crippen LogP contribution in [0.5, 0.6) is 5.75 Å². The summed E-state index contributed by atoms with van der Waals surface area (Å²) >= 11 is 0. The van der Waals surface area contributed by atoms with Crippen molar-refractivity contribution in [1.82, 2.24) is 10.6 Å². The van der Waals surface area contributed by atoms with Gasteiger partial charge in [-0.3, -0.25) is 19.7 Å². The van der Waals surface area contributed by atoms with Crippen molar-refractivity contribution in [1.29, 1.82) is 0 Å². The minimum atomic E-state index is -1.44. The number of aliphatic hydroxyl groups is 1. The highest BCUT2D eigenvalue weighted by Crippen LogP contribution is 2.26. The standard InChI is InChI=1S/C20H23N3O6/c1-3-21-20(26)18(24)13(2)22-19(25)16-10-9-15(23(27)28)11-17(16)29-12-14-7-5-4-6-8-14/h4-11,13,18,24H,3,12H2,1-2H3,(H,21,26)(H,22,25)/t13-,18+/m0/s1. The van der Waals surface area contributed by atoms with Crippen LogP contribution in [0.4, 0.5) is 5.69 Å². The fourth-order valence-electron chi connectivity index (χ4n) is 2.54. The molecule has 0 spiro atoms. The first-order valence-corrected chi connectivity index (χ1v) is 9.05. The Morgan fingerprint density at radius 1 is 1.21 bits per heavy atom. The molecule has 0 fully saturated rings. The molecule has 0 radical (unpaired) electrons. The number of aliphatic hydroxyl groups excluding tert-OH is 1. The normalized spacial score (nSPS) is 12.5. The maximum absolute atomic E-state index is 12.6. The Balaban J connectivity index is 2.20. The molecular formula is C20H23N3O6. The molecule has 2 aromatic rings. The van der Waals surface area contributed by atoms with Gasteiger partial charge in [0, 0.05) is 12.6 Å². The number of carbonyl (C=O) groups excluding carboxylic acids is 2. The second-order valence-electron chi connectivity index (χ2n) is 6.31. The first-order valence-electron chi connectivity index (χ1n) is 9.05. The first kappa shape index (κ1) is 21.8. The number of nitrogens with zero attached hydrogens (tertiary/aromatic N) is 1. The molecule has 2 rings (SSSR count). The Kier molecular flexibility index (Phi) is 7.67. The van der Waals surface area contributed by atoms with Crippen LogP contribution in [0, 0.1) is 10.1 Å². The van der Waals surface area contributed by atoms with E-state index in [-0.39, 0.29) is 23.6 Å². The maximum Gasteiger partial charge on any atom is 0.273 e. The van der Waals surface area contributed by atoms with Gasteiger partial charge in [0.15, 0.2) is 6.10 Å². The van der Waals surface area contributed by atoms with E-state index in [9.17, 15) is 24.8 Å². The topological polar surface area (TPSA) is 131 Å². The monoisotopic (exact) mass is 401 g/mol. The van der Waals surface area contributed by atoms with Crippen molar-refractivity contribution in [3.8, 4) is 5.75 Å². The minimum absolute atomic E-state index is 0.0280. The van der Waals surface area contributed by atoms with Gasteiger partial charge in [-0.05, 0) is 25.5 Å². The molecule has 0 unspecified atom stereocenters. The van der Waals surface area contributed by atoms with Gasteiger partial charge in [0.2, 0.25) is 0 Å². The Morgan fingerprint density at radius 2 is 1.90 bits per heavy atom. The van der Waals surface area contributed by atoms with Crippen molar-refractivity contribution in [2.24, 2.45) is 0 Å². The molecule has 0 aliphatic carbocycles. The van der Waals surface area contributed by atoms with Gasteiger partial charge in [0.25, 0.3) is 17.5 Å².